The third-order valence-corrected chi connectivity index (χ3v) is 5.20. The molecule has 1 saturated heterocycles. The molecule has 1 aliphatic rings. The van der Waals surface area contributed by atoms with Crippen LogP contribution in [0.25, 0.3) is 5.69 Å². The van der Waals surface area contributed by atoms with Crippen molar-refractivity contribution in [2.75, 3.05) is 16.8 Å². The second-order valence-electron chi connectivity index (χ2n) is 6.00. The van der Waals surface area contributed by atoms with Gasteiger partial charge in [-0.3, -0.25) is 0 Å². The highest BCUT2D eigenvalue weighted by atomic mass is 32.2. The van der Waals surface area contributed by atoms with Gasteiger partial charge in [0.25, 0.3) is 0 Å². The van der Waals surface area contributed by atoms with Crippen molar-refractivity contribution in [3.63, 3.8) is 0 Å². The molecule has 106 valence electrons. The molecule has 0 spiro atoms. The van der Waals surface area contributed by atoms with E-state index in [2.05, 4.69) is 53.0 Å². The fraction of sp³-hybridized carbons (Fsp3) is 0.438. The largest absolute Gasteiger partial charge is 0.379 e. The number of anilines is 1. The van der Waals surface area contributed by atoms with Gasteiger partial charge >= 0.3 is 0 Å². The Labute approximate surface area is 124 Å². The van der Waals surface area contributed by atoms with Crippen molar-refractivity contribution >= 4 is 17.4 Å². The van der Waals surface area contributed by atoms with Gasteiger partial charge in [-0.15, -0.1) is 0 Å². The van der Waals surface area contributed by atoms with Crippen molar-refractivity contribution in [3.8, 4) is 5.69 Å². The maximum absolute atomic E-state index is 4.15. The number of imidazole rings is 1. The van der Waals surface area contributed by atoms with Gasteiger partial charge in [0.05, 0.1) is 17.7 Å². The molecular weight excluding hydrogens is 266 g/mol. The van der Waals surface area contributed by atoms with Crippen LogP contribution in [0.4, 0.5) is 5.69 Å². The van der Waals surface area contributed by atoms with Crippen molar-refractivity contribution < 1.29 is 0 Å². The molecule has 0 radical (unpaired) electrons. The minimum atomic E-state index is 0.341. The zero-order chi connectivity index (χ0) is 14.0. The first-order chi connectivity index (χ1) is 9.67. The Morgan fingerprint density at radius 2 is 2.20 bits per heavy atom. The van der Waals surface area contributed by atoms with Gasteiger partial charge in [-0.25, -0.2) is 4.98 Å². The van der Waals surface area contributed by atoms with Gasteiger partial charge in [0, 0.05) is 24.2 Å². The fourth-order valence-electron chi connectivity index (χ4n) is 2.58. The molecule has 1 aromatic carbocycles. The Kier molecular flexibility index (Phi) is 3.74. The summed E-state index contributed by atoms with van der Waals surface area (Å²) in [5.41, 5.74) is 2.69. The van der Waals surface area contributed by atoms with Gasteiger partial charge in [-0.2, -0.15) is 11.8 Å². The zero-order valence-electron chi connectivity index (χ0n) is 12.0. The van der Waals surface area contributed by atoms with Crippen molar-refractivity contribution in [3.05, 3.63) is 43.0 Å². The predicted octanol–water partition coefficient (Wildman–Crippen LogP) is 3.82. The van der Waals surface area contributed by atoms with Crippen molar-refractivity contribution in [2.45, 2.75) is 26.3 Å². The van der Waals surface area contributed by atoms with E-state index in [4.69, 9.17) is 0 Å². The summed E-state index contributed by atoms with van der Waals surface area (Å²) in [6.45, 7) is 4.73. The SMILES string of the molecule is CC1(C)CCSCC1Nc1ccccc1-n1ccnc1. The first kappa shape index (κ1) is 13.6. The highest BCUT2D eigenvalue weighted by Gasteiger charge is 2.32. The molecule has 2 heterocycles. The lowest BCUT2D eigenvalue weighted by Gasteiger charge is -2.39. The molecule has 1 aliphatic heterocycles. The number of aromatic nitrogens is 2. The first-order valence-corrected chi connectivity index (χ1v) is 8.24. The third kappa shape index (κ3) is 2.70. The molecule has 1 aromatic heterocycles. The summed E-state index contributed by atoms with van der Waals surface area (Å²) >= 11 is 2.05. The molecule has 4 heteroatoms. The van der Waals surface area contributed by atoms with E-state index in [-0.39, 0.29) is 0 Å². The van der Waals surface area contributed by atoms with Gasteiger partial charge in [-0.05, 0) is 29.7 Å². The van der Waals surface area contributed by atoms with E-state index in [1.54, 1.807) is 0 Å². The van der Waals surface area contributed by atoms with Crippen LogP contribution < -0.4 is 5.32 Å². The Morgan fingerprint density at radius 3 is 2.95 bits per heavy atom. The first-order valence-electron chi connectivity index (χ1n) is 7.08. The second kappa shape index (κ2) is 5.52. The molecule has 0 amide bonds. The van der Waals surface area contributed by atoms with Gasteiger partial charge in [0.2, 0.25) is 0 Å². The molecule has 0 saturated carbocycles. The van der Waals surface area contributed by atoms with Gasteiger partial charge < -0.3 is 9.88 Å². The van der Waals surface area contributed by atoms with E-state index in [9.17, 15) is 0 Å². The van der Waals surface area contributed by atoms with E-state index in [1.165, 1.54) is 23.6 Å². The number of hydrogen-bond donors (Lipinski definition) is 1. The van der Waals surface area contributed by atoms with Crippen LogP contribution in [0, 0.1) is 5.41 Å². The van der Waals surface area contributed by atoms with Crippen LogP contribution in [0.5, 0.6) is 0 Å². The molecule has 1 N–H and O–H groups in total. The van der Waals surface area contributed by atoms with E-state index in [0.717, 1.165) is 5.69 Å². The lowest BCUT2D eigenvalue weighted by atomic mass is 9.82. The second-order valence-corrected chi connectivity index (χ2v) is 7.15. The Bertz CT molecular complexity index is 563. The average molecular weight is 287 g/mol. The molecule has 0 bridgehead atoms. The minimum Gasteiger partial charge on any atom is -0.379 e. The summed E-state index contributed by atoms with van der Waals surface area (Å²) in [5.74, 6) is 2.44. The number of thioether (sulfide) groups is 1. The quantitative estimate of drug-likeness (QED) is 0.931. The summed E-state index contributed by atoms with van der Waals surface area (Å²) in [7, 11) is 0. The maximum atomic E-state index is 4.15. The van der Waals surface area contributed by atoms with Crippen LogP contribution >= 0.6 is 11.8 Å². The maximum Gasteiger partial charge on any atom is 0.0992 e. The number of nitrogens with one attached hydrogen (secondary N) is 1. The zero-order valence-corrected chi connectivity index (χ0v) is 12.9. The molecule has 20 heavy (non-hydrogen) atoms. The fourth-order valence-corrected chi connectivity index (χ4v) is 4.19. The van der Waals surface area contributed by atoms with Crippen molar-refractivity contribution in [2.24, 2.45) is 5.41 Å². The lowest BCUT2D eigenvalue weighted by molar-refractivity contribution is 0.305. The summed E-state index contributed by atoms with van der Waals surface area (Å²) in [6.07, 6.45) is 6.92. The molecule has 3 nitrogen and oxygen atoms in total. The van der Waals surface area contributed by atoms with Gasteiger partial charge in [0.15, 0.2) is 0 Å². The van der Waals surface area contributed by atoms with Gasteiger partial charge in [-0.1, -0.05) is 26.0 Å². The molecular formula is C16H21N3S. The van der Waals surface area contributed by atoms with Crippen molar-refractivity contribution in [1.29, 1.82) is 0 Å². The molecule has 0 aliphatic carbocycles. The number of rotatable bonds is 3. The standard InChI is InChI=1S/C16H21N3S/c1-16(2)7-10-20-11-15(16)18-13-5-3-4-6-14(13)19-9-8-17-12-19/h3-6,8-9,12,15,18H,7,10-11H2,1-2H3. The van der Waals surface area contributed by atoms with Crippen LogP contribution in [0.2, 0.25) is 0 Å². The predicted molar refractivity (Wildman–Crippen MR) is 86.7 cm³/mol. The summed E-state index contributed by atoms with van der Waals surface area (Å²) in [6, 6.07) is 8.95. The minimum absolute atomic E-state index is 0.341. The Hall–Kier alpha value is -1.42. The summed E-state index contributed by atoms with van der Waals surface area (Å²) < 4.78 is 2.06. The topological polar surface area (TPSA) is 29.9 Å². The molecule has 2 aromatic rings. The Balaban J connectivity index is 1.88. The smallest absolute Gasteiger partial charge is 0.0992 e. The molecule has 1 fully saturated rings. The highest BCUT2D eigenvalue weighted by molar-refractivity contribution is 7.99. The molecule has 1 atom stereocenters. The van der Waals surface area contributed by atoms with E-state index in [1.807, 2.05) is 30.5 Å². The summed E-state index contributed by atoms with van der Waals surface area (Å²) in [4.78, 5) is 4.15. The third-order valence-electron chi connectivity index (χ3n) is 4.13. The monoisotopic (exact) mass is 287 g/mol. The number of hydrogen-bond acceptors (Lipinski definition) is 3. The summed E-state index contributed by atoms with van der Waals surface area (Å²) in [5, 5.41) is 3.76. The highest BCUT2D eigenvalue weighted by Crippen LogP contribution is 2.36. The van der Waals surface area contributed by atoms with Crippen LogP contribution in [-0.4, -0.2) is 27.1 Å². The lowest BCUT2D eigenvalue weighted by Crippen LogP contribution is -2.41. The van der Waals surface area contributed by atoms with E-state index < -0.39 is 0 Å². The van der Waals surface area contributed by atoms with Crippen LogP contribution in [0.1, 0.15) is 20.3 Å². The van der Waals surface area contributed by atoms with E-state index >= 15 is 0 Å². The number of benzene rings is 1. The van der Waals surface area contributed by atoms with Crippen LogP contribution in [0.3, 0.4) is 0 Å². The number of nitrogens with zero attached hydrogens (tertiary/aromatic N) is 2. The Morgan fingerprint density at radius 1 is 1.35 bits per heavy atom. The van der Waals surface area contributed by atoms with E-state index in [0.29, 0.717) is 11.5 Å². The molecule has 1 unspecified atom stereocenters. The molecule has 3 rings (SSSR count). The van der Waals surface area contributed by atoms with Gasteiger partial charge in [0.1, 0.15) is 0 Å². The average Bonchev–Trinajstić information content (AvgIpc) is 2.95. The van der Waals surface area contributed by atoms with Crippen LogP contribution in [0.15, 0.2) is 43.0 Å². The normalized spacial score (nSPS) is 21.6. The number of para-hydroxylation sites is 2. The van der Waals surface area contributed by atoms with Crippen molar-refractivity contribution in [1.82, 2.24) is 9.55 Å². The van der Waals surface area contributed by atoms with Crippen LogP contribution in [-0.2, 0) is 0 Å².